The zero-order valence-corrected chi connectivity index (χ0v) is 20.0. The van der Waals surface area contributed by atoms with Gasteiger partial charge in [-0.05, 0) is 41.0 Å². The van der Waals surface area contributed by atoms with Crippen molar-refractivity contribution in [1.82, 2.24) is 16.1 Å². The topological polar surface area (TPSA) is 117 Å². The summed E-state index contributed by atoms with van der Waals surface area (Å²) in [6.07, 6.45) is 0. The van der Waals surface area contributed by atoms with E-state index in [0.29, 0.717) is 11.3 Å². The summed E-state index contributed by atoms with van der Waals surface area (Å²) in [5.41, 5.74) is 4.86. The molecular weight excluding hydrogens is 466 g/mol. The van der Waals surface area contributed by atoms with Gasteiger partial charge >= 0.3 is 0 Å². The average molecular weight is 494 g/mol. The molecule has 0 radical (unpaired) electrons. The van der Waals surface area contributed by atoms with E-state index in [0.717, 1.165) is 22.4 Å². The minimum atomic E-state index is -1.14. The molecule has 0 fully saturated rings. The van der Waals surface area contributed by atoms with Crippen LogP contribution in [0.4, 0.5) is 0 Å². The van der Waals surface area contributed by atoms with Crippen LogP contribution in [0.2, 0.25) is 0 Å². The lowest BCUT2D eigenvalue weighted by Crippen LogP contribution is -2.52. The van der Waals surface area contributed by atoms with Gasteiger partial charge in [-0.2, -0.15) is 0 Å². The van der Waals surface area contributed by atoms with E-state index >= 15 is 0 Å². The number of thioether (sulfide) groups is 1. The highest BCUT2D eigenvalue weighted by Gasteiger charge is 2.22. The molecule has 0 unspecified atom stereocenters. The number of methoxy groups -OCH3 is 1. The summed E-state index contributed by atoms with van der Waals surface area (Å²) in [5.74, 6) is -0.102. The van der Waals surface area contributed by atoms with Crippen LogP contribution in [-0.4, -0.2) is 48.4 Å². The molecule has 3 amide bonds. The predicted molar refractivity (Wildman–Crippen MR) is 135 cm³/mol. The molecule has 0 aliphatic carbocycles. The van der Waals surface area contributed by atoms with E-state index < -0.39 is 17.9 Å². The lowest BCUT2D eigenvalue weighted by atomic mass is 10.0. The minimum Gasteiger partial charge on any atom is -0.497 e. The molecule has 0 aromatic heterocycles. The van der Waals surface area contributed by atoms with Crippen LogP contribution < -0.4 is 20.9 Å². The van der Waals surface area contributed by atoms with E-state index in [9.17, 15) is 14.4 Å². The maximum Gasteiger partial charge on any atom is 0.267 e. The highest BCUT2D eigenvalue weighted by molar-refractivity contribution is 7.99. The van der Waals surface area contributed by atoms with E-state index in [1.54, 1.807) is 19.2 Å². The van der Waals surface area contributed by atoms with Gasteiger partial charge in [0.15, 0.2) is 0 Å². The van der Waals surface area contributed by atoms with Gasteiger partial charge in [0.2, 0.25) is 5.91 Å². The van der Waals surface area contributed by atoms with Crippen LogP contribution in [0.25, 0.3) is 11.1 Å². The number of carbonyl (C=O) groups excluding carboxylic acids is 3. The smallest absolute Gasteiger partial charge is 0.267 e. The summed E-state index contributed by atoms with van der Waals surface area (Å²) in [6.45, 7) is -0.168. The van der Waals surface area contributed by atoms with Gasteiger partial charge in [0, 0.05) is 17.9 Å². The molecule has 3 rings (SSSR count). The molecule has 0 saturated heterocycles. The van der Waals surface area contributed by atoms with Crippen LogP contribution in [0, 0.1) is 0 Å². The summed E-state index contributed by atoms with van der Waals surface area (Å²) in [5, 5.41) is 14.2. The number of nitrogens with one attached hydrogen (secondary N) is 3. The Balaban J connectivity index is 1.50. The normalized spacial score (nSPS) is 11.3. The Bertz CT molecular complexity index is 1140. The van der Waals surface area contributed by atoms with E-state index in [1.807, 2.05) is 66.7 Å². The van der Waals surface area contributed by atoms with E-state index in [4.69, 9.17) is 9.94 Å². The largest absolute Gasteiger partial charge is 0.497 e. The second kappa shape index (κ2) is 13.2. The molecular formula is C26H27N3O5S. The highest BCUT2D eigenvalue weighted by atomic mass is 32.2. The fraction of sp³-hybridized carbons (Fsp3) is 0.192. The molecule has 35 heavy (non-hydrogen) atoms. The number of hydrogen-bond acceptors (Lipinski definition) is 6. The third-order valence-electron chi connectivity index (χ3n) is 5.13. The van der Waals surface area contributed by atoms with E-state index in [-0.39, 0.29) is 18.2 Å². The number of hydrogen-bond donors (Lipinski definition) is 4. The van der Waals surface area contributed by atoms with E-state index in [2.05, 4.69) is 10.6 Å². The van der Waals surface area contributed by atoms with Crippen molar-refractivity contribution in [2.24, 2.45) is 0 Å². The molecule has 4 N–H and O–H groups in total. The Morgan fingerprint density at radius 1 is 0.943 bits per heavy atom. The standard InChI is InChI=1S/C26H27N3O5S/c1-34-22-9-5-6-18(14-22)16-35-17-24(30)27-15-23(26(32)29-33)28-25(31)21-12-10-20(11-13-21)19-7-3-2-4-8-19/h2-14,23,33H,15-17H2,1H3,(H,27,30)(H,28,31)(H,29,32)/t23-/m0/s1. The number of ether oxygens (including phenoxy) is 1. The summed E-state index contributed by atoms with van der Waals surface area (Å²) in [6, 6.07) is 23.1. The predicted octanol–water partition coefficient (Wildman–Crippen LogP) is 3.02. The van der Waals surface area contributed by atoms with Crippen molar-refractivity contribution >= 4 is 29.5 Å². The van der Waals surface area contributed by atoms with Gasteiger partial charge in [0.25, 0.3) is 11.8 Å². The first-order valence-corrected chi connectivity index (χ1v) is 12.0. The average Bonchev–Trinajstić information content (AvgIpc) is 2.91. The number of hydroxylamine groups is 1. The molecule has 0 heterocycles. The SMILES string of the molecule is COc1cccc(CSCC(=O)NC[C@H](NC(=O)c2ccc(-c3ccccc3)cc2)C(=O)NO)c1. The molecule has 182 valence electrons. The number of amides is 3. The van der Waals surface area contributed by atoms with Crippen molar-refractivity contribution in [3.05, 3.63) is 90.0 Å². The van der Waals surface area contributed by atoms with Crippen molar-refractivity contribution < 1.29 is 24.3 Å². The van der Waals surface area contributed by atoms with Gasteiger partial charge < -0.3 is 15.4 Å². The van der Waals surface area contributed by atoms with Gasteiger partial charge in [0.05, 0.1) is 12.9 Å². The maximum absolute atomic E-state index is 12.6. The van der Waals surface area contributed by atoms with Crippen molar-refractivity contribution in [3.8, 4) is 16.9 Å². The summed E-state index contributed by atoms with van der Waals surface area (Å²) >= 11 is 1.40. The maximum atomic E-state index is 12.6. The molecule has 8 nitrogen and oxygen atoms in total. The van der Waals surface area contributed by atoms with Crippen molar-refractivity contribution in [1.29, 1.82) is 0 Å². The monoisotopic (exact) mass is 493 g/mol. The van der Waals surface area contributed by atoms with Gasteiger partial charge in [0.1, 0.15) is 11.8 Å². The van der Waals surface area contributed by atoms with Crippen LogP contribution in [0.3, 0.4) is 0 Å². The van der Waals surface area contributed by atoms with Gasteiger partial charge in [-0.3, -0.25) is 19.6 Å². The first kappa shape index (κ1) is 25.8. The molecule has 3 aromatic rings. The molecule has 0 spiro atoms. The summed E-state index contributed by atoms with van der Waals surface area (Å²) in [7, 11) is 1.59. The quantitative estimate of drug-likeness (QED) is 0.241. The third-order valence-corrected chi connectivity index (χ3v) is 6.13. The van der Waals surface area contributed by atoms with Crippen LogP contribution in [0.15, 0.2) is 78.9 Å². The fourth-order valence-corrected chi connectivity index (χ4v) is 4.07. The Hall–Kier alpha value is -3.82. The number of benzene rings is 3. The first-order chi connectivity index (χ1) is 17.0. The second-order valence-corrected chi connectivity index (χ2v) is 8.58. The lowest BCUT2D eigenvalue weighted by molar-refractivity contribution is -0.131. The molecule has 0 aliphatic rings. The van der Waals surface area contributed by atoms with E-state index in [1.165, 1.54) is 17.2 Å². The number of carbonyl (C=O) groups is 3. The summed E-state index contributed by atoms with van der Waals surface area (Å²) < 4.78 is 5.19. The van der Waals surface area contributed by atoms with Crippen LogP contribution >= 0.6 is 11.8 Å². The molecule has 9 heteroatoms. The fourth-order valence-electron chi connectivity index (χ4n) is 3.26. The van der Waals surface area contributed by atoms with Gasteiger partial charge in [-0.15, -0.1) is 11.8 Å². The molecule has 0 saturated carbocycles. The molecule has 0 aliphatic heterocycles. The Labute approximate surface area is 208 Å². The molecule has 1 atom stereocenters. The second-order valence-electron chi connectivity index (χ2n) is 7.59. The zero-order chi connectivity index (χ0) is 25.0. The van der Waals surface area contributed by atoms with Gasteiger partial charge in [-0.25, -0.2) is 5.48 Å². The van der Waals surface area contributed by atoms with Crippen LogP contribution in [0.5, 0.6) is 5.75 Å². The van der Waals surface area contributed by atoms with Crippen molar-refractivity contribution in [2.45, 2.75) is 11.8 Å². The number of rotatable bonds is 11. The Morgan fingerprint density at radius 2 is 1.66 bits per heavy atom. The third kappa shape index (κ3) is 7.87. The van der Waals surface area contributed by atoms with Crippen molar-refractivity contribution in [3.63, 3.8) is 0 Å². The Morgan fingerprint density at radius 3 is 2.34 bits per heavy atom. The highest BCUT2D eigenvalue weighted by Crippen LogP contribution is 2.19. The zero-order valence-electron chi connectivity index (χ0n) is 19.2. The van der Waals surface area contributed by atoms with Crippen LogP contribution in [0.1, 0.15) is 15.9 Å². The molecule has 3 aromatic carbocycles. The minimum absolute atomic E-state index is 0.166. The van der Waals surface area contributed by atoms with Gasteiger partial charge in [-0.1, -0.05) is 54.6 Å². The Kier molecular flexibility index (Phi) is 9.70. The first-order valence-electron chi connectivity index (χ1n) is 10.9. The summed E-state index contributed by atoms with van der Waals surface area (Å²) in [4.78, 5) is 36.9. The lowest BCUT2D eigenvalue weighted by Gasteiger charge is -2.17. The van der Waals surface area contributed by atoms with Crippen molar-refractivity contribution in [2.75, 3.05) is 19.4 Å². The van der Waals surface area contributed by atoms with Crippen LogP contribution in [-0.2, 0) is 15.3 Å². The molecule has 0 bridgehead atoms.